The molecule has 1 aromatic heterocycles. The first-order valence-corrected chi connectivity index (χ1v) is 7.14. The first-order valence-electron chi connectivity index (χ1n) is 5.19. The minimum absolute atomic E-state index is 0.833. The molecule has 17 heavy (non-hydrogen) atoms. The Balaban J connectivity index is 2.45. The fourth-order valence-corrected chi connectivity index (χ4v) is 1.96. The molecule has 0 spiro atoms. The van der Waals surface area contributed by atoms with E-state index in [0.29, 0.717) is 0 Å². The van der Waals surface area contributed by atoms with Gasteiger partial charge in [-0.05, 0) is 36.3 Å². The number of hydrogen-bond acceptors (Lipinski definition) is 3. The van der Waals surface area contributed by atoms with Gasteiger partial charge in [-0.15, -0.1) is 0 Å². The maximum Gasteiger partial charge on any atom is 0.168 e. The molecule has 1 aromatic carbocycles. The van der Waals surface area contributed by atoms with Crippen LogP contribution >= 0.6 is 0 Å². The summed E-state index contributed by atoms with van der Waals surface area (Å²) in [4.78, 5) is 4.30. The van der Waals surface area contributed by atoms with E-state index in [9.17, 15) is 8.42 Å². The van der Waals surface area contributed by atoms with E-state index in [0.717, 1.165) is 22.0 Å². The van der Waals surface area contributed by atoms with Gasteiger partial charge >= 0.3 is 0 Å². The van der Waals surface area contributed by atoms with E-state index >= 15 is 0 Å². The number of hydrogen-bond donors (Lipinski definition) is 0. The number of aromatic nitrogens is 1. The SMILES string of the molecule is Cc1cnc2cc(C=CS(C)(=O)=O)ccc2c1. The minimum Gasteiger partial charge on any atom is -0.256 e. The fraction of sp³-hybridized carbons (Fsp3) is 0.154. The van der Waals surface area contributed by atoms with Gasteiger partial charge in [-0.25, -0.2) is 8.42 Å². The van der Waals surface area contributed by atoms with E-state index in [2.05, 4.69) is 4.98 Å². The summed E-state index contributed by atoms with van der Waals surface area (Å²) in [7, 11) is -3.08. The highest BCUT2D eigenvalue weighted by Gasteiger charge is 1.98. The van der Waals surface area contributed by atoms with Crippen molar-refractivity contribution in [3.8, 4) is 0 Å². The van der Waals surface area contributed by atoms with E-state index in [1.165, 1.54) is 11.7 Å². The molecule has 0 unspecified atom stereocenters. The number of rotatable bonds is 2. The van der Waals surface area contributed by atoms with Crippen LogP contribution in [0.25, 0.3) is 17.0 Å². The predicted octanol–water partition coefficient (Wildman–Crippen LogP) is 2.56. The quantitative estimate of drug-likeness (QED) is 0.819. The number of pyridine rings is 1. The van der Waals surface area contributed by atoms with Crippen LogP contribution in [0.15, 0.2) is 35.9 Å². The van der Waals surface area contributed by atoms with Crippen molar-refractivity contribution in [2.24, 2.45) is 0 Å². The molecule has 0 saturated heterocycles. The second kappa shape index (κ2) is 4.30. The molecule has 0 aliphatic carbocycles. The van der Waals surface area contributed by atoms with Crippen molar-refractivity contribution in [2.75, 3.05) is 6.26 Å². The van der Waals surface area contributed by atoms with Gasteiger partial charge in [-0.2, -0.15) is 0 Å². The molecule has 0 amide bonds. The van der Waals surface area contributed by atoms with Gasteiger partial charge in [0, 0.05) is 23.2 Å². The van der Waals surface area contributed by atoms with Crippen LogP contribution in [0.2, 0.25) is 0 Å². The lowest BCUT2D eigenvalue weighted by Gasteiger charge is -2.00. The molecule has 0 saturated carbocycles. The monoisotopic (exact) mass is 247 g/mol. The molecule has 0 aliphatic heterocycles. The maximum atomic E-state index is 11.0. The van der Waals surface area contributed by atoms with Crippen molar-refractivity contribution in [1.29, 1.82) is 0 Å². The second-order valence-electron chi connectivity index (χ2n) is 4.10. The van der Waals surface area contributed by atoms with Gasteiger partial charge in [0.05, 0.1) is 5.52 Å². The van der Waals surface area contributed by atoms with Gasteiger partial charge in [-0.1, -0.05) is 12.1 Å². The Morgan fingerprint density at radius 1 is 1.24 bits per heavy atom. The molecule has 3 nitrogen and oxygen atoms in total. The van der Waals surface area contributed by atoms with Crippen molar-refractivity contribution >= 4 is 26.8 Å². The Morgan fingerprint density at radius 2 is 2.00 bits per heavy atom. The van der Waals surface area contributed by atoms with Gasteiger partial charge in [0.1, 0.15) is 0 Å². The van der Waals surface area contributed by atoms with Crippen LogP contribution in [-0.2, 0) is 9.84 Å². The van der Waals surface area contributed by atoms with Crippen LogP contribution in [0.5, 0.6) is 0 Å². The lowest BCUT2D eigenvalue weighted by atomic mass is 10.1. The van der Waals surface area contributed by atoms with Crippen molar-refractivity contribution in [1.82, 2.24) is 4.98 Å². The highest BCUT2D eigenvalue weighted by Crippen LogP contribution is 2.16. The second-order valence-corrected chi connectivity index (χ2v) is 6.03. The Hall–Kier alpha value is -1.68. The molecule has 0 aliphatic rings. The zero-order valence-electron chi connectivity index (χ0n) is 9.71. The molecule has 1 heterocycles. The average Bonchev–Trinajstić information content (AvgIpc) is 2.25. The van der Waals surface area contributed by atoms with E-state index in [1.54, 1.807) is 12.3 Å². The lowest BCUT2D eigenvalue weighted by Crippen LogP contribution is -1.88. The molecule has 0 fully saturated rings. The molecule has 88 valence electrons. The average molecular weight is 247 g/mol. The molecule has 0 N–H and O–H groups in total. The third kappa shape index (κ3) is 3.14. The molecule has 0 bridgehead atoms. The number of nitrogens with zero attached hydrogens (tertiary/aromatic N) is 1. The first-order chi connectivity index (χ1) is 7.94. The van der Waals surface area contributed by atoms with Crippen LogP contribution in [0.1, 0.15) is 11.1 Å². The standard InChI is InChI=1S/C13H13NO2S/c1-10-7-12-4-3-11(5-6-17(2,15)16)8-13(12)14-9-10/h3-9H,1-2H3. The molecule has 0 atom stereocenters. The van der Waals surface area contributed by atoms with Crippen molar-refractivity contribution in [3.05, 3.63) is 47.0 Å². The third-order valence-corrected chi connectivity index (χ3v) is 2.98. The normalized spacial score (nSPS) is 12.4. The number of sulfone groups is 1. The molecule has 2 aromatic rings. The summed E-state index contributed by atoms with van der Waals surface area (Å²) in [6.45, 7) is 1.99. The molecule has 0 radical (unpaired) electrons. The third-order valence-electron chi connectivity index (χ3n) is 2.35. The number of benzene rings is 1. The van der Waals surface area contributed by atoms with Crippen molar-refractivity contribution in [3.63, 3.8) is 0 Å². The van der Waals surface area contributed by atoms with Gasteiger partial charge in [0.25, 0.3) is 0 Å². The molecule has 4 heteroatoms. The van der Waals surface area contributed by atoms with Gasteiger partial charge < -0.3 is 0 Å². The van der Waals surface area contributed by atoms with Gasteiger partial charge in [0.15, 0.2) is 9.84 Å². The smallest absolute Gasteiger partial charge is 0.168 e. The van der Waals surface area contributed by atoms with Crippen LogP contribution < -0.4 is 0 Å². The Bertz CT molecular complexity index is 688. The largest absolute Gasteiger partial charge is 0.256 e. The van der Waals surface area contributed by atoms with Gasteiger partial charge in [0.2, 0.25) is 0 Å². The van der Waals surface area contributed by atoms with E-state index in [4.69, 9.17) is 0 Å². The van der Waals surface area contributed by atoms with E-state index in [-0.39, 0.29) is 0 Å². The first kappa shape index (κ1) is 11.8. The predicted molar refractivity (Wildman–Crippen MR) is 70.4 cm³/mol. The number of fused-ring (bicyclic) bond motifs is 1. The highest BCUT2D eigenvalue weighted by atomic mass is 32.2. The Labute approximate surface area is 101 Å². The summed E-state index contributed by atoms with van der Waals surface area (Å²) in [5.41, 5.74) is 2.81. The van der Waals surface area contributed by atoms with Crippen LogP contribution in [0.4, 0.5) is 0 Å². The summed E-state index contributed by atoms with van der Waals surface area (Å²) < 4.78 is 22.0. The fourth-order valence-electron chi connectivity index (χ4n) is 1.55. The van der Waals surface area contributed by atoms with Crippen molar-refractivity contribution < 1.29 is 8.42 Å². The zero-order chi connectivity index (χ0) is 12.5. The molecular weight excluding hydrogens is 234 g/mol. The molecule has 2 rings (SSSR count). The van der Waals surface area contributed by atoms with Crippen LogP contribution in [-0.4, -0.2) is 19.7 Å². The van der Waals surface area contributed by atoms with Gasteiger partial charge in [-0.3, -0.25) is 4.98 Å². The Kier molecular flexibility index (Phi) is 2.98. The van der Waals surface area contributed by atoms with Crippen LogP contribution in [0, 0.1) is 6.92 Å². The van der Waals surface area contributed by atoms with E-state index < -0.39 is 9.84 Å². The van der Waals surface area contributed by atoms with Crippen LogP contribution in [0.3, 0.4) is 0 Å². The summed E-state index contributed by atoms with van der Waals surface area (Å²) in [6, 6.07) is 7.74. The zero-order valence-corrected chi connectivity index (χ0v) is 10.5. The topological polar surface area (TPSA) is 47.0 Å². The maximum absolute atomic E-state index is 11.0. The number of aryl methyl sites for hydroxylation is 1. The Morgan fingerprint density at radius 3 is 2.71 bits per heavy atom. The summed E-state index contributed by atoms with van der Waals surface area (Å²) in [6.07, 6.45) is 4.55. The highest BCUT2D eigenvalue weighted by molar-refractivity contribution is 7.93. The lowest BCUT2D eigenvalue weighted by molar-refractivity contribution is 0.610. The van der Waals surface area contributed by atoms with E-state index in [1.807, 2.05) is 31.2 Å². The summed E-state index contributed by atoms with van der Waals surface area (Å²) >= 11 is 0. The summed E-state index contributed by atoms with van der Waals surface area (Å²) in [5.74, 6) is 0. The minimum atomic E-state index is -3.08. The molecular formula is C13H13NO2S. The van der Waals surface area contributed by atoms with Crippen molar-refractivity contribution in [2.45, 2.75) is 6.92 Å². The summed E-state index contributed by atoms with van der Waals surface area (Å²) in [5, 5.41) is 2.25.